The summed E-state index contributed by atoms with van der Waals surface area (Å²) in [4.78, 5) is 4.40. The monoisotopic (exact) mass is 296 g/mol. The molecule has 1 N–H and O–H groups in total. The minimum absolute atomic E-state index is 0.594. The lowest BCUT2D eigenvalue weighted by Crippen LogP contribution is -2.26. The normalized spacial score (nSPS) is 21.9. The standard InChI is InChI=1S/C15H24N2O2S/c1-4-20-12-6-5-11(9-12)17-10-13-15(19-3)14(18-2)7-8-16-13/h7-8,11-12,17H,4-6,9-10H2,1-3H3. The van der Waals surface area contributed by atoms with E-state index in [1.165, 1.54) is 25.0 Å². The highest BCUT2D eigenvalue weighted by atomic mass is 32.2. The maximum atomic E-state index is 5.41. The Morgan fingerprint density at radius 1 is 1.35 bits per heavy atom. The van der Waals surface area contributed by atoms with Gasteiger partial charge in [0.2, 0.25) is 0 Å². The molecular weight excluding hydrogens is 272 g/mol. The van der Waals surface area contributed by atoms with Crippen molar-refractivity contribution in [3.8, 4) is 11.5 Å². The fourth-order valence-electron chi connectivity index (χ4n) is 2.73. The Morgan fingerprint density at radius 2 is 2.20 bits per heavy atom. The lowest BCUT2D eigenvalue weighted by atomic mass is 10.2. The lowest BCUT2D eigenvalue weighted by molar-refractivity contribution is 0.347. The van der Waals surface area contributed by atoms with E-state index in [-0.39, 0.29) is 0 Å². The van der Waals surface area contributed by atoms with Gasteiger partial charge in [0.15, 0.2) is 11.5 Å². The molecule has 2 atom stereocenters. The fourth-order valence-corrected chi connectivity index (χ4v) is 3.87. The van der Waals surface area contributed by atoms with Gasteiger partial charge in [-0.15, -0.1) is 0 Å². The molecule has 0 saturated heterocycles. The van der Waals surface area contributed by atoms with E-state index >= 15 is 0 Å². The third-order valence-electron chi connectivity index (χ3n) is 3.71. The van der Waals surface area contributed by atoms with Gasteiger partial charge in [0.25, 0.3) is 0 Å². The summed E-state index contributed by atoms with van der Waals surface area (Å²) in [6.07, 6.45) is 5.59. The highest BCUT2D eigenvalue weighted by molar-refractivity contribution is 7.99. The van der Waals surface area contributed by atoms with Crippen LogP contribution in [0, 0.1) is 0 Å². The Balaban J connectivity index is 1.91. The smallest absolute Gasteiger partial charge is 0.183 e. The molecule has 5 heteroatoms. The van der Waals surface area contributed by atoms with Crippen LogP contribution in [0.25, 0.3) is 0 Å². The summed E-state index contributed by atoms with van der Waals surface area (Å²) >= 11 is 2.08. The predicted molar refractivity (Wildman–Crippen MR) is 83.7 cm³/mol. The van der Waals surface area contributed by atoms with Gasteiger partial charge in [0, 0.05) is 30.1 Å². The number of pyridine rings is 1. The zero-order valence-corrected chi connectivity index (χ0v) is 13.3. The van der Waals surface area contributed by atoms with E-state index in [4.69, 9.17) is 9.47 Å². The van der Waals surface area contributed by atoms with E-state index < -0.39 is 0 Å². The van der Waals surface area contributed by atoms with Crippen molar-refractivity contribution < 1.29 is 9.47 Å². The van der Waals surface area contributed by atoms with Crippen LogP contribution in [0.3, 0.4) is 0 Å². The maximum Gasteiger partial charge on any atom is 0.183 e. The van der Waals surface area contributed by atoms with E-state index in [1.807, 2.05) is 6.07 Å². The zero-order chi connectivity index (χ0) is 14.4. The van der Waals surface area contributed by atoms with Crippen LogP contribution < -0.4 is 14.8 Å². The summed E-state index contributed by atoms with van der Waals surface area (Å²) in [6.45, 7) is 2.96. The van der Waals surface area contributed by atoms with Crippen molar-refractivity contribution >= 4 is 11.8 Å². The van der Waals surface area contributed by atoms with Gasteiger partial charge in [-0.3, -0.25) is 4.98 Å². The number of nitrogens with one attached hydrogen (secondary N) is 1. The van der Waals surface area contributed by atoms with E-state index in [0.29, 0.717) is 6.04 Å². The van der Waals surface area contributed by atoms with Gasteiger partial charge < -0.3 is 14.8 Å². The molecule has 4 nitrogen and oxygen atoms in total. The Hall–Kier alpha value is -0.940. The summed E-state index contributed by atoms with van der Waals surface area (Å²) in [5.74, 6) is 2.69. The molecular formula is C15H24N2O2S. The Kier molecular flexibility index (Phi) is 5.98. The number of rotatable bonds is 7. The number of hydrogen-bond acceptors (Lipinski definition) is 5. The lowest BCUT2D eigenvalue weighted by Gasteiger charge is -2.15. The highest BCUT2D eigenvalue weighted by Gasteiger charge is 2.24. The van der Waals surface area contributed by atoms with Crippen molar-refractivity contribution in [3.05, 3.63) is 18.0 Å². The first kappa shape index (κ1) is 15.4. The molecule has 1 saturated carbocycles. The second-order valence-corrected chi connectivity index (χ2v) is 6.54. The van der Waals surface area contributed by atoms with Crippen LogP contribution in [0.15, 0.2) is 12.3 Å². The minimum atomic E-state index is 0.594. The zero-order valence-electron chi connectivity index (χ0n) is 12.5. The van der Waals surface area contributed by atoms with E-state index in [9.17, 15) is 0 Å². The van der Waals surface area contributed by atoms with Gasteiger partial charge in [0.05, 0.1) is 19.9 Å². The molecule has 2 rings (SSSR count). The van der Waals surface area contributed by atoms with Crippen molar-refractivity contribution in [1.29, 1.82) is 0 Å². The van der Waals surface area contributed by atoms with E-state index in [0.717, 1.165) is 29.0 Å². The molecule has 1 aliphatic carbocycles. The van der Waals surface area contributed by atoms with E-state index in [1.54, 1.807) is 20.4 Å². The summed E-state index contributed by atoms with van der Waals surface area (Å²) < 4.78 is 10.7. The second-order valence-electron chi connectivity index (χ2n) is 4.96. The Bertz CT molecular complexity index is 428. The van der Waals surface area contributed by atoms with Crippen LogP contribution in [-0.2, 0) is 6.54 Å². The van der Waals surface area contributed by atoms with E-state index in [2.05, 4.69) is 29.0 Å². The van der Waals surface area contributed by atoms with Gasteiger partial charge in [-0.1, -0.05) is 6.92 Å². The first-order valence-electron chi connectivity index (χ1n) is 7.19. The molecule has 20 heavy (non-hydrogen) atoms. The number of methoxy groups -OCH3 is 2. The average Bonchev–Trinajstić information content (AvgIpc) is 2.92. The Labute approximate surface area is 125 Å². The third kappa shape index (κ3) is 3.79. The number of nitrogens with zero attached hydrogens (tertiary/aromatic N) is 1. The predicted octanol–water partition coefficient (Wildman–Crippen LogP) is 2.86. The molecule has 0 radical (unpaired) electrons. The molecule has 0 amide bonds. The largest absolute Gasteiger partial charge is 0.493 e. The van der Waals surface area contributed by atoms with Crippen molar-refractivity contribution in [2.45, 2.75) is 44.0 Å². The average molecular weight is 296 g/mol. The molecule has 0 aromatic carbocycles. The van der Waals surface area contributed by atoms with Crippen LogP contribution in [0.1, 0.15) is 31.9 Å². The summed E-state index contributed by atoms with van der Waals surface area (Å²) in [6, 6.07) is 2.42. The van der Waals surface area contributed by atoms with Crippen LogP contribution >= 0.6 is 11.8 Å². The molecule has 1 aliphatic rings. The minimum Gasteiger partial charge on any atom is -0.493 e. The molecule has 112 valence electrons. The number of aromatic nitrogens is 1. The van der Waals surface area contributed by atoms with Crippen molar-refractivity contribution in [2.75, 3.05) is 20.0 Å². The third-order valence-corrected chi connectivity index (χ3v) is 4.94. The SMILES string of the molecule is CCSC1CCC(NCc2nccc(OC)c2OC)C1. The molecule has 1 aromatic heterocycles. The topological polar surface area (TPSA) is 43.4 Å². The summed E-state index contributed by atoms with van der Waals surface area (Å²) in [5, 5.41) is 4.42. The molecule has 1 fully saturated rings. The van der Waals surface area contributed by atoms with Crippen LogP contribution in [0.4, 0.5) is 0 Å². The van der Waals surface area contributed by atoms with Gasteiger partial charge in [-0.2, -0.15) is 11.8 Å². The summed E-state index contributed by atoms with van der Waals surface area (Å²) in [7, 11) is 3.31. The fraction of sp³-hybridized carbons (Fsp3) is 0.667. The molecule has 0 bridgehead atoms. The van der Waals surface area contributed by atoms with Crippen LogP contribution in [0.2, 0.25) is 0 Å². The van der Waals surface area contributed by atoms with Gasteiger partial charge in [-0.25, -0.2) is 0 Å². The molecule has 2 unspecified atom stereocenters. The van der Waals surface area contributed by atoms with Crippen molar-refractivity contribution in [3.63, 3.8) is 0 Å². The molecule has 0 aliphatic heterocycles. The van der Waals surface area contributed by atoms with Crippen LogP contribution in [-0.4, -0.2) is 36.2 Å². The molecule has 1 aromatic rings. The number of ether oxygens (including phenoxy) is 2. The van der Waals surface area contributed by atoms with Crippen molar-refractivity contribution in [1.82, 2.24) is 10.3 Å². The second kappa shape index (κ2) is 7.74. The highest BCUT2D eigenvalue weighted by Crippen LogP contribution is 2.31. The molecule has 1 heterocycles. The number of thioether (sulfide) groups is 1. The maximum absolute atomic E-state index is 5.41. The quantitative estimate of drug-likeness (QED) is 0.838. The molecule has 0 spiro atoms. The van der Waals surface area contributed by atoms with Crippen LogP contribution in [0.5, 0.6) is 11.5 Å². The Morgan fingerprint density at radius 3 is 2.90 bits per heavy atom. The van der Waals surface area contributed by atoms with Gasteiger partial charge in [-0.05, 0) is 25.0 Å². The van der Waals surface area contributed by atoms with Gasteiger partial charge in [0.1, 0.15) is 0 Å². The first-order valence-corrected chi connectivity index (χ1v) is 8.24. The number of hydrogen-bond donors (Lipinski definition) is 1. The van der Waals surface area contributed by atoms with Crippen molar-refractivity contribution in [2.24, 2.45) is 0 Å². The first-order chi connectivity index (χ1) is 9.78. The summed E-state index contributed by atoms with van der Waals surface area (Å²) in [5.41, 5.74) is 0.915. The van der Waals surface area contributed by atoms with Gasteiger partial charge >= 0.3 is 0 Å².